The van der Waals surface area contributed by atoms with Crippen LogP contribution in [0.15, 0.2) is 77.8 Å². The Hall–Kier alpha value is -2.79. The van der Waals surface area contributed by atoms with Gasteiger partial charge in [-0.05, 0) is 23.6 Å². The van der Waals surface area contributed by atoms with E-state index in [-0.39, 0.29) is 6.03 Å². The predicted octanol–water partition coefficient (Wildman–Crippen LogP) is 4.98. The average Bonchev–Trinajstić information content (AvgIpc) is 3.17. The molecule has 4 nitrogen and oxygen atoms in total. The van der Waals surface area contributed by atoms with Crippen LogP contribution in [0.4, 0.5) is 16.2 Å². The fourth-order valence-electron chi connectivity index (χ4n) is 2.86. The zero-order chi connectivity index (χ0) is 17.1. The van der Waals surface area contributed by atoms with Gasteiger partial charge >= 0.3 is 6.03 Å². The normalized spacial score (nSPS) is 13.5. The SMILES string of the molecule is O=C(Nc1cccc2ccccc12)N(C1=NCCS1)c1ccccc1. The molecule has 3 aromatic carbocycles. The van der Waals surface area contributed by atoms with Gasteiger partial charge in [0.1, 0.15) is 0 Å². The number of aliphatic imine (C=N–C) groups is 1. The smallest absolute Gasteiger partial charge is 0.307 e. The minimum Gasteiger partial charge on any atom is -0.307 e. The first-order valence-corrected chi connectivity index (χ1v) is 9.13. The van der Waals surface area contributed by atoms with E-state index in [1.54, 1.807) is 16.7 Å². The Morgan fingerprint density at radius 2 is 1.72 bits per heavy atom. The molecule has 0 atom stereocenters. The summed E-state index contributed by atoms with van der Waals surface area (Å²) in [5.74, 6) is 0.903. The molecule has 0 unspecified atom stereocenters. The van der Waals surface area contributed by atoms with E-state index in [0.29, 0.717) is 0 Å². The number of anilines is 2. The van der Waals surface area contributed by atoms with Gasteiger partial charge in [0, 0.05) is 11.1 Å². The molecule has 124 valence electrons. The number of fused-ring (bicyclic) bond motifs is 1. The van der Waals surface area contributed by atoms with E-state index < -0.39 is 0 Å². The lowest BCUT2D eigenvalue weighted by molar-refractivity contribution is 0.259. The van der Waals surface area contributed by atoms with Gasteiger partial charge in [-0.2, -0.15) is 0 Å². The van der Waals surface area contributed by atoms with Crippen molar-refractivity contribution in [3.05, 3.63) is 72.8 Å². The van der Waals surface area contributed by atoms with Gasteiger partial charge in [0.2, 0.25) is 0 Å². The zero-order valence-corrected chi connectivity index (χ0v) is 14.4. The maximum absolute atomic E-state index is 13.1. The van der Waals surface area contributed by atoms with E-state index in [2.05, 4.69) is 10.3 Å². The summed E-state index contributed by atoms with van der Waals surface area (Å²) >= 11 is 1.60. The maximum atomic E-state index is 13.1. The van der Waals surface area contributed by atoms with Crippen LogP contribution in [0.25, 0.3) is 10.8 Å². The molecule has 1 aliphatic rings. The maximum Gasteiger partial charge on any atom is 0.332 e. The Morgan fingerprint density at radius 1 is 0.960 bits per heavy atom. The highest BCUT2D eigenvalue weighted by Crippen LogP contribution is 2.26. The first-order chi connectivity index (χ1) is 12.3. The number of hydrogen-bond donors (Lipinski definition) is 1. The van der Waals surface area contributed by atoms with Crippen LogP contribution < -0.4 is 10.2 Å². The summed E-state index contributed by atoms with van der Waals surface area (Å²) in [5.41, 5.74) is 1.61. The number of hydrogen-bond acceptors (Lipinski definition) is 3. The van der Waals surface area contributed by atoms with Crippen molar-refractivity contribution in [1.82, 2.24) is 0 Å². The number of amides is 2. The summed E-state index contributed by atoms with van der Waals surface area (Å²) in [4.78, 5) is 19.2. The lowest BCUT2D eigenvalue weighted by atomic mass is 10.1. The summed E-state index contributed by atoms with van der Waals surface area (Å²) in [6, 6.07) is 23.4. The fourth-order valence-corrected chi connectivity index (χ4v) is 3.72. The minimum absolute atomic E-state index is 0.198. The van der Waals surface area contributed by atoms with Crippen LogP contribution in [0, 0.1) is 0 Å². The number of carbonyl (C=O) groups excluding carboxylic acids is 1. The van der Waals surface area contributed by atoms with Crippen molar-refractivity contribution in [3.63, 3.8) is 0 Å². The Labute approximate surface area is 150 Å². The summed E-state index contributed by atoms with van der Waals surface area (Å²) in [5, 5.41) is 5.91. The molecule has 0 spiro atoms. The van der Waals surface area contributed by atoms with Crippen molar-refractivity contribution in [3.8, 4) is 0 Å². The van der Waals surface area contributed by atoms with E-state index in [0.717, 1.165) is 39.6 Å². The zero-order valence-electron chi connectivity index (χ0n) is 13.6. The average molecular weight is 347 g/mol. The first-order valence-electron chi connectivity index (χ1n) is 8.14. The highest BCUT2D eigenvalue weighted by Gasteiger charge is 2.24. The number of amidine groups is 1. The van der Waals surface area contributed by atoms with Crippen molar-refractivity contribution in [1.29, 1.82) is 0 Å². The first kappa shape index (κ1) is 15.7. The topological polar surface area (TPSA) is 44.7 Å². The van der Waals surface area contributed by atoms with Crippen molar-refractivity contribution in [2.45, 2.75) is 0 Å². The summed E-state index contributed by atoms with van der Waals surface area (Å²) in [6.45, 7) is 0.741. The van der Waals surface area contributed by atoms with Crippen LogP contribution >= 0.6 is 11.8 Å². The quantitative estimate of drug-likeness (QED) is 0.710. The number of carbonyl (C=O) groups is 1. The number of urea groups is 1. The number of para-hydroxylation sites is 1. The lowest BCUT2D eigenvalue weighted by Crippen LogP contribution is -2.38. The molecule has 0 saturated carbocycles. The van der Waals surface area contributed by atoms with E-state index in [4.69, 9.17) is 0 Å². The van der Waals surface area contributed by atoms with Gasteiger partial charge in [0.15, 0.2) is 5.17 Å². The fraction of sp³-hybridized carbons (Fsp3) is 0.100. The van der Waals surface area contributed by atoms with Crippen molar-refractivity contribution >= 4 is 45.1 Å². The molecule has 1 aliphatic heterocycles. The van der Waals surface area contributed by atoms with Crippen LogP contribution in [0.2, 0.25) is 0 Å². The van der Waals surface area contributed by atoms with Crippen LogP contribution in [0.5, 0.6) is 0 Å². The molecular weight excluding hydrogens is 330 g/mol. The van der Waals surface area contributed by atoms with Gasteiger partial charge < -0.3 is 5.32 Å². The van der Waals surface area contributed by atoms with Crippen molar-refractivity contribution in [2.24, 2.45) is 4.99 Å². The number of rotatable bonds is 2. The number of nitrogens with one attached hydrogen (secondary N) is 1. The predicted molar refractivity (Wildman–Crippen MR) is 107 cm³/mol. The number of benzene rings is 3. The lowest BCUT2D eigenvalue weighted by Gasteiger charge is -2.22. The molecule has 25 heavy (non-hydrogen) atoms. The van der Waals surface area contributed by atoms with Gasteiger partial charge in [-0.1, -0.05) is 66.4 Å². The third-order valence-corrected chi connectivity index (χ3v) is 4.97. The molecule has 0 aromatic heterocycles. The minimum atomic E-state index is -0.198. The summed E-state index contributed by atoms with van der Waals surface area (Å²) in [7, 11) is 0. The van der Waals surface area contributed by atoms with Gasteiger partial charge in [-0.15, -0.1) is 0 Å². The Bertz CT molecular complexity index is 935. The molecular formula is C20H17N3OS. The second kappa shape index (κ2) is 6.99. The van der Waals surface area contributed by atoms with E-state index >= 15 is 0 Å². The molecule has 0 aliphatic carbocycles. The van der Waals surface area contributed by atoms with Crippen molar-refractivity contribution < 1.29 is 4.79 Å². The monoisotopic (exact) mass is 347 g/mol. The Kier molecular flexibility index (Phi) is 4.39. The summed E-state index contributed by atoms with van der Waals surface area (Å²) < 4.78 is 0. The highest BCUT2D eigenvalue weighted by atomic mass is 32.2. The molecule has 3 aromatic rings. The molecule has 0 fully saturated rings. The second-order valence-electron chi connectivity index (χ2n) is 5.64. The molecule has 4 rings (SSSR count). The molecule has 1 heterocycles. The van der Waals surface area contributed by atoms with E-state index in [1.165, 1.54) is 0 Å². The highest BCUT2D eigenvalue weighted by molar-refractivity contribution is 8.14. The number of nitrogens with zero attached hydrogens (tertiary/aromatic N) is 2. The second-order valence-corrected chi connectivity index (χ2v) is 6.70. The number of thioether (sulfide) groups is 1. The standard InChI is InChI=1S/C20H17N3OS/c24-19(22-18-12-6-8-15-7-4-5-11-17(15)18)23(20-21-13-14-25-20)16-9-2-1-3-10-16/h1-12H,13-14H2,(H,22,24). The van der Waals surface area contributed by atoms with Gasteiger partial charge in [-0.3, -0.25) is 4.99 Å². The van der Waals surface area contributed by atoms with Gasteiger partial charge in [0.05, 0.1) is 17.9 Å². The third kappa shape index (κ3) is 3.23. The third-order valence-electron chi connectivity index (χ3n) is 4.01. The van der Waals surface area contributed by atoms with Gasteiger partial charge in [0.25, 0.3) is 0 Å². The van der Waals surface area contributed by atoms with Gasteiger partial charge in [-0.25, -0.2) is 9.69 Å². The molecule has 0 bridgehead atoms. The largest absolute Gasteiger partial charge is 0.332 e. The molecule has 0 radical (unpaired) electrons. The Morgan fingerprint density at radius 3 is 2.52 bits per heavy atom. The molecule has 0 saturated heterocycles. The molecule has 5 heteroatoms. The molecule has 1 N–H and O–H groups in total. The Balaban J connectivity index is 1.69. The van der Waals surface area contributed by atoms with Crippen molar-refractivity contribution in [2.75, 3.05) is 22.5 Å². The van der Waals surface area contributed by atoms with E-state index in [1.807, 2.05) is 72.8 Å². The van der Waals surface area contributed by atoms with E-state index in [9.17, 15) is 4.79 Å². The van der Waals surface area contributed by atoms with Crippen LogP contribution in [-0.2, 0) is 0 Å². The summed E-state index contributed by atoms with van der Waals surface area (Å²) in [6.07, 6.45) is 0. The van der Waals surface area contributed by atoms with Crippen LogP contribution in [0.1, 0.15) is 0 Å². The molecule has 2 amide bonds. The van der Waals surface area contributed by atoms with Crippen LogP contribution in [0.3, 0.4) is 0 Å². The van der Waals surface area contributed by atoms with Crippen LogP contribution in [-0.4, -0.2) is 23.5 Å².